The van der Waals surface area contributed by atoms with E-state index in [1.807, 2.05) is 11.0 Å². The monoisotopic (exact) mass is 507 g/mol. The maximum atomic E-state index is 13.3. The molecule has 2 aromatic carbocycles. The van der Waals surface area contributed by atoms with Crippen molar-refractivity contribution in [2.75, 3.05) is 24.4 Å². The van der Waals surface area contributed by atoms with Crippen LogP contribution in [-0.2, 0) is 10.2 Å². The fourth-order valence-corrected chi connectivity index (χ4v) is 5.34. The first-order valence-corrected chi connectivity index (χ1v) is 12.9. The molecule has 11 heteroatoms. The van der Waals surface area contributed by atoms with Crippen molar-refractivity contribution in [3.8, 4) is 22.8 Å². The van der Waals surface area contributed by atoms with E-state index in [0.29, 0.717) is 48.0 Å². The van der Waals surface area contributed by atoms with E-state index in [4.69, 9.17) is 10.5 Å². The van der Waals surface area contributed by atoms with E-state index < -0.39 is 10.2 Å². The number of carbonyl (C=O) groups excluding carboxylic acids is 1. The quantitative estimate of drug-likeness (QED) is 0.481. The molecule has 0 aliphatic carbocycles. The van der Waals surface area contributed by atoms with Crippen molar-refractivity contribution < 1.29 is 23.1 Å². The number of nitrogens with one attached hydrogen (secondary N) is 1. The summed E-state index contributed by atoms with van der Waals surface area (Å²) < 4.78 is 35.5. The molecule has 0 saturated carbocycles. The van der Waals surface area contributed by atoms with Gasteiger partial charge in [0.25, 0.3) is 5.91 Å². The van der Waals surface area contributed by atoms with E-state index in [0.717, 1.165) is 18.4 Å². The van der Waals surface area contributed by atoms with Crippen LogP contribution in [0.5, 0.6) is 11.5 Å². The Morgan fingerprint density at radius 3 is 2.86 bits per heavy atom. The number of phenols is 1. The average molecular weight is 508 g/mol. The molecule has 5 rings (SSSR count). The van der Waals surface area contributed by atoms with E-state index in [-0.39, 0.29) is 23.4 Å². The standard InChI is InChI=1S/C25H25N5O5S/c26-24-23-20(28-36(33,34)29-24)7-2-8-22(23)35-15-16-4-3-11-30(14-16)25(32)18-9-10-27-21(13-18)17-5-1-6-19(31)12-17/h1-2,5-10,12-13,16,28,31H,3-4,11,14-15H2,(H2,26,29). The zero-order valence-electron chi connectivity index (χ0n) is 19.3. The van der Waals surface area contributed by atoms with Gasteiger partial charge in [-0.1, -0.05) is 18.2 Å². The largest absolute Gasteiger partial charge is 0.508 e. The molecule has 1 aromatic heterocycles. The minimum atomic E-state index is -3.87. The van der Waals surface area contributed by atoms with Crippen LogP contribution in [0.25, 0.3) is 11.3 Å². The van der Waals surface area contributed by atoms with Crippen molar-refractivity contribution in [3.05, 3.63) is 71.9 Å². The number of amidine groups is 1. The topological polar surface area (TPSA) is 147 Å². The Morgan fingerprint density at radius 2 is 2.03 bits per heavy atom. The fourth-order valence-electron chi connectivity index (χ4n) is 4.50. The molecule has 3 heterocycles. The third-order valence-corrected chi connectivity index (χ3v) is 7.08. The van der Waals surface area contributed by atoms with E-state index in [2.05, 4.69) is 14.1 Å². The number of carbonyl (C=O) groups is 1. The van der Waals surface area contributed by atoms with Crippen molar-refractivity contribution in [1.29, 1.82) is 0 Å². The highest BCUT2D eigenvalue weighted by Gasteiger charge is 2.27. The van der Waals surface area contributed by atoms with Crippen LogP contribution in [-0.4, -0.2) is 54.8 Å². The maximum absolute atomic E-state index is 13.3. The van der Waals surface area contributed by atoms with Gasteiger partial charge >= 0.3 is 10.2 Å². The molecule has 1 fully saturated rings. The molecule has 0 bridgehead atoms. The summed E-state index contributed by atoms with van der Waals surface area (Å²) in [6.45, 7) is 1.50. The number of hydrogen-bond donors (Lipinski definition) is 3. The van der Waals surface area contributed by atoms with Crippen LogP contribution in [0.15, 0.2) is 65.2 Å². The summed E-state index contributed by atoms with van der Waals surface area (Å²) in [4.78, 5) is 19.4. The second kappa shape index (κ2) is 9.50. The minimum absolute atomic E-state index is 0.0874. The van der Waals surface area contributed by atoms with Crippen LogP contribution in [0, 0.1) is 5.92 Å². The number of hydrogen-bond acceptors (Lipinski definition) is 7. The van der Waals surface area contributed by atoms with E-state index >= 15 is 0 Å². The van der Waals surface area contributed by atoms with Crippen molar-refractivity contribution in [3.63, 3.8) is 0 Å². The lowest BCUT2D eigenvalue weighted by Gasteiger charge is -2.33. The van der Waals surface area contributed by atoms with E-state index in [9.17, 15) is 18.3 Å². The highest BCUT2D eigenvalue weighted by atomic mass is 32.2. The number of ether oxygens (including phenoxy) is 1. The second-order valence-electron chi connectivity index (χ2n) is 8.78. The Bertz CT molecular complexity index is 1460. The van der Waals surface area contributed by atoms with Crippen molar-refractivity contribution in [2.45, 2.75) is 12.8 Å². The van der Waals surface area contributed by atoms with E-state index in [1.54, 1.807) is 54.7 Å². The summed E-state index contributed by atoms with van der Waals surface area (Å²) in [7, 11) is -3.87. The Balaban J connectivity index is 1.27. The van der Waals surface area contributed by atoms with E-state index in [1.165, 1.54) is 0 Å². The molecule has 36 heavy (non-hydrogen) atoms. The van der Waals surface area contributed by atoms with Gasteiger partial charge in [0.2, 0.25) is 0 Å². The number of rotatable bonds is 5. The molecular formula is C25H25N5O5S. The smallest absolute Gasteiger partial charge is 0.344 e. The third kappa shape index (κ3) is 4.96. The van der Waals surface area contributed by atoms with Gasteiger partial charge in [-0.25, -0.2) is 0 Å². The predicted octanol–water partition coefficient (Wildman–Crippen LogP) is 2.76. The van der Waals surface area contributed by atoms with Crippen LogP contribution < -0.4 is 15.2 Å². The lowest BCUT2D eigenvalue weighted by molar-refractivity contribution is 0.0633. The number of aromatic hydroxyl groups is 1. The van der Waals surface area contributed by atoms with Crippen molar-refractivity contribution >= 4 is 27.6 Å². The number of benzene rings is 2. The molecule has 2 aliphatic rings. The lowest BCUT2D eigenvalue weighted by Crippen LogP contribution is -2.41. The van der Waals surface area contributed by atoms with Crippen molar-refractivity contribution in [1.82, 2.24) is 9.88 Å². The number of aromatic nitrogens is 1. The van der Waals surface area contributed by atoms with Crippen LogP contribution in [0.1, 0.15) is 28.8 Å². The summed E-state index contributed by atoms with van der Waals surface area (Å²) in [5, 5.41) is 9.76. The number of nitrogens with two attached hydrogens (primary N) is 1. The van der Waals surface area contributed by atoms with Gasteiger partial charge in [0.15, 0.2) is 5.84 Å². The summed E-state index contributed by atoms with van der Waals surface area (Å²) >= 11 is 0. The summed E-state index contributed by atoms with van der Waals surface area (Å²) in [5.74, 6) is 0.440. The van der Waals surface area contributed by atoms with Gasteiger partial charge < -0.3 is 20.5 Å². The Labute approximate surface area is 208 Å². The molecule has 3 aromatic rings. The molecule has 1 amide bonds. The van der Waals surface area contributed by atoms with Crippen LogP contribution >= 0.6 is 0 Å². The molecule has 0 spiro atoms. The zero-order chi connectivity index (χ0) is 25.3. The molecule has 10 nitrogen and oxygen atoms in total. The average Bonchev–Trinajstić information content (AvgIpc) is 2.86. The molecule has 1 unspecified atom stereocenters. The number of amides is 1. The molecule has 0 radical (unpaired) electrons. The number of likely N-dealkylation sites (tertiary alicyclic amines) is 1. The number of pyridine rings is 1. The first kappa shape index (κ1) is 23.6. The van der Waals surface area contributed by atoms with Gasteiger partial charge in [0.05, 0.1) is 23.6 Å². The number of phenolic OH excluding ortho intramolecular Hbond substituents is 1. The normalized spacial score (nSPS) is 18.5. The van der Waals surface area contributed by atoms with Gasteiger partial charge in [-0.3, -0.25) is 14.5 Å². The Kier molecular flexibility index (Phi) is 6.23. The predicted molar refractivity (Wildman–Crippen MR) is 135 cm³/mol. The fraction of sp³-hybridized carbons (Fsp3) is 0.240. The Morgan fingerprint density at radius 1 is 1.19 bits per heavy atom. The van der Waals surface area contributed by atoms with Gasteiger partial charge in [-0.2, -0.15) is 8.42 Å². The van der Waals surface area contributed by atoms with Gasteiger partial charge in [-0.15, -0.1) is 4.40 Å². The van der Waals surface area contributed by atoms with Crippen LogP contribution in [0.3, 0.4) is 0 Å². The number of nitrogens with zero attached hydrogens (tertiary/aromatic N) is 3. The maximum Gasteiger partial charge on any atom is 0.344 e. The molecule has 2 aliphatic heterocycles. The molecular weight excluding hydrogens is 482 g/mol. The minimum Gasteiger partial charge on any atom is -0.508 e. The first-order valence-electron chi connectivity index (χ1n) is 11.5. The third-order valence-electron chi connectivity index (χ3n) is 6.17. The van der Waals surface area contributed by atoms with Gasteiger partial charge in [0, 0.05) is 36.3 Å². The first-order chi connectivity index (χ1) is 17.3. The molecule has 186 valence electrons. The number of anilines is 1. The van der Waals surface area contributed by atoms with Gasteiger partial charge in [0.1, 0.15) is 11.5 Å². The second-order valence-corrected chi connectivity index (χ2v) is 10.1. The molecule has 1 saturated heterocycles. The van der Waals surface area contributed by atoms with Crippen LogP contribution in [0.2, 0.25) is 0 Å². The van der Waals surface area contributed by atoms with Crippen molar-refractivity contribution in [2.24, 2.45) is 16.0 Å². The number of fused-ring (bicyclic) bond motifs is 1. The number of piperidine rings is 1. The Hall–Kier alpha value is -4.12. The highest BCUT2D eigenvalue weighted by Crippen LogP contribution is 2.31. The lowest BCUT2D eigenvalue weighted by atomic mass is 9.98. The highest BCUT2D eigenvalue weighted by molar-refractivity contribution is 7.91. The summed E-state index contributed by atoms with van der Waals surface area (Å²) in [5.41, 5.74) is 8.49. The summed E-state index contributed by atoms with van der Waals surface area (Å²) in [6, 6.07) is 15.2. The van der Waals surface area contributed by atoms with Gasteiger partial charge in [-0.05, 0) is 49.2 Å². The molecule has 1 atom stereocenters. The SMILES string of the molecule is NC1=NS(=O)(=O)Nc2cccc(OCC3CCCN(C(=O)c4ccnc(-c5cccc(O)c5)c4)C3)c21. The van der Waals surface area contributed by atoms with Crippen LogP contribution in [0.4, 0.5) is 5.69 Å². The zero-order valence-corrected chi connectivity index (χ0v) is 20.1. The summed E-state index contributed by atoms with van der Waals surface area (Å²) in [6.07, 6.45) is 3.32. The molecule has 4 N–H and O–H groups in total.